The van der Waals surface area contributed by atoms with E-state index in [4.69, 9.17) is 4.74 Å². The standard InChI is InChI=1S/C25H31FN6O3S/c1-15-12-31(13-16(2)35-15)19-8-6-7-18(28-19)21-22(26)36-24(30-21)29-20(33)11-27-23(34)17-9-10-32(14-17)25(3,4)5/h6-10,14-16H,11-13H2,1-5H3,(H,27,34)(H,29,30,33). The number of anilines is 2. The zero-order valence-corrected chi connectivity index (χ0v) is 21.9. The molecule has 11 heteroatoms. The van der Waals surface area contributed by atoms with Crippen LogP contribution < -0.4 is 15.5 Å². The van der Waals surface area contributed by atoms with Crippen molar-refractivity contribution in [1.29, 1.82) is 0 Å². The lowest BCUT2D eigenvalue weighted by Gasteiger charge is -2.36. The van der Waals surface area contributed by atoms with Gasteiger partial charge in [-0.2, -0.15) is 4.39 Å². The second kappa shape index (κ2) is 10.4. The Hall–Kier alpha value is -3.31. The highest BCUT2D eigenvalue weighted by Crippen LogP contribution is 2.30. The van der Waals surface area contributed by atoms with Crippen LogP contribution in [0, 0.1) is 5.13 Å². The molecule has 4 heterocycles. The Bertz CT molecular complexity index is 1240. The third-order valence-corrected chi connectivity index (χ3v) is 6.45. The van der Waals surface area contributed by atoms with Gasteiger partial charge in [-0.3, -0.25) is 9.59 Å². The van der Waals surface area contributed by atoms with Crippen LogP contribution in [-0.2, 0) is 15.1 Å². The van der Waals surface area contributed by atoms with E-state index in [0.717, 1.165) is 17.2 Å². The van der Waals surface area contributed by atoms with Gasteiger partial charge in [0.25, 0.3) is 5.91 Å². The molecule has 1 aliphatic heterocycles. The van der Waals surface area contributed by atoms with E-state index >= 15 is 0 Å². The Balaban J connectivity index is 1.38. The minimum Gasteiger partial charge on any atom is -0.372 e. The van der Waals surface area contributed by atoms with E-state index in [1.165, 1.54) is 0 Å². The summed E-state index contributed by atoms with van der Waals surface area (Å²) in [6, 6.07) is 7.06. The van der Waals surface area contributed by atoms with Gasteiger partial charge in [-0.05, 0) is 52.8 Å². The van der Waals surface area contributed by atoms with Crippen LogP contribution in [0.1, 0.15) is 45.0 Å². The van der Waals surface area contributed by atoms with Crippen molar-refractivity contribution in [3.05, 3.63) is 47.4 Å². The maximum absolute atomic E-state index is 14.7. The van der Waals surface area contributed by atoms with Gasteiger partial charge >= 0.3 is 0 Å². The molecule has 0 saturated carbocycles. The Morgan fingerprint density at radius 2 is 1.89 bits per heavy atom. The first-order valence-corrected chi connectivity index (χ1v) is 12.6. The van der Waals surface area contributed by atoms with E-state index in [0.29, 0.717) is 24.3 Å². The van der Waals surface area contributed by atoms with Crippen LogP contribution in [0.4, 0.5) is 15.3 Å². The largest absolute Gasteiger partial charge is 0.372 e. The second-order valence-corrected chi connectivity index (χ2v) is 10.8. The topological polar surface area (TPSA) is 101 Å². The first kappa shape index (κ1) is 25.8. The molecule has 36 heavy (non-hydrogen) atoms. The summed E-state index contributed by atoms with van der Waals surface area (Å²) in [7, 11) is 0. The number of amides is 2. The Labute approximate surface area is 213 Å². The molecule has 9 nitrogen and oxygen atoms in total. The van der Waals surface area contributed by atoms with Crippen LogP contribution in [0.3, 0.4) is 0 Å². The number of ether oxygens (including phenoxy) is 1. The van der Waals surface area contributed by atoms with E-state index in [9.17, 15) is 14.0 Å². The molecule has 0 radical (unpaired) electrons. The molecule has 192 valence electrons. The molecule has 0 aliphatic carbocycles. The van der Waals surface area contributed by atoms with Crippen molar-refractivity contribution < 1.29 is 18.7 Å². The van der Waals surface area contributed by atoms with Crippen molar-refractivity contribution >= 4 is 34.1 Å². The summed E-state index contributed by atoms with van der Waals surface area (Å²) in [5.41, 5.74) is 0.746. The molecule has 0 aromatic carbocycles. The number of carbonyl (C=O) groups is 2. The molecule has 1 fully saturated rings. The minimum atomic E-state index is -0.550. The van der Waals surface area contributed by atoms with Gasteiger partial charge in [-0.1, -0.05) is 17.4 Å². The lowest BCUT2D eigenvalue weighted by atomic mass is 10.1. The SMILES string of the molecule is CC1CN(c2cccc(-c3nc(NC(=O)CNC(=O)c4ccn(C(C)(C)C)c4)sc3F)n2)CC(C)O1. The van der Waals surface area contributed by atoms with E-state index in [-0.39, 0.29) is 41.0 Å². The number of carbonyl (C=O) groups excluding carboxylic acids is 2. The molecule has 2 atom stereocenters. The van der Waals surface area contributed by atoms with Crippen molar-refractivity contribution in [3.63, 3.8) is 0 Å². The van der Waals surface area contributed by atoms with Gasteiger partial charge in [-0.15, -0.1) is 0 Å². The van der Waals surface area contributed by atoms with Gasteiger partial charge < -0.3 is 24.8 Å². The number of aromatic nitrogens is 3. The van der Waals surface area contributed by atoms with Crippen molar-refractivity contribution in [2.45, 2.75) is 52.4 Å². The van der Waals surface area contributed by atoms with E-state index in [1.54, 1.807) is 18.3 Å². The normalized spacial score (nSPS) is 18.2. The number of rotatable bonds is 6. The number of morpholine rings is 1. The Morgan fingerprint density at radius 3 is 2.56 bits per heavy atom. The average molecular weight is 515 g/mol. The summed E-state index contributed by atoms with van der Waals surface area (Å²) in [6.45, 7) is 11.2. The van der Waals surface area contributed by atoms with Gasteiger partial charge in [0.2, 0.25) is 11.0 Å². The van der Waals surface area contributed by atoms with Crippen LogP contribution in [0.15, 0.2) is 36.7 Å². The fourth-order valence-corrected chi connectivity index (χ4v) is 4.70. The fraction of sp³-hybridized carbons (Fsp3) is 0.440. The van der Waals surface area contributed by atoms with Gasteiger partial charge in [0, 0.05) is 31.0 Å². The Morgan fingerprint density at radius 1 is 1.17 bits per heavy atom. The first-order valence-electron chi connectivity index (χ1n) is 11.8. The number of hydrogen-bond donors (Lipinski definition) is 2. The number of pyridine rings is 1. The predicted octanol–water partition coefficient (Wildman–Crippen LogP) is 3.88. The molecule has 3 aromatic rings. The smallest absolute Gasteiger partial charge is 0.253 e. The number of nitrogens with one attached hydrogen (secondary N) is 2. The molecule has 1 saturated heterocycles. The quantitative estimate of drug-likeness (QED) is 0.518. The first-order chi connectivity index (χ1) is 17.0. The minimum absolute atomic E-state index is 0.0657. The van der Waals surface area contributed by atoms with E-state index < -0.39 is 11.0 Å². The lowest BCUT2D eigenvalue weighted by molar-refractivity contribution is -0.115. The molecular formula is C25H31FN6O3S. The molecule has 1 aliphatic rings. The number of nitrogens with zero attached hydrogens (tertiary/aromatic N) is 4. The summed E-state index contributed by atoms with van der Waals surface area (Å²) in [5.74, 6) is -0.153. The van der Waals surface area contributed by atoms with E-state index in [2.05, 4.69) is 25.5 Å². The maximum Gasteiger partial charge on any atom is 0.253 e. The predicted molar refractivity (Wildman–Crippen MR) is 138 cm³/mol. The highest BCUT2D eigenvalue weighted by atomic mass is 32.1. The fourth-order valence-electron chi connectivity index (χ4n) is 3.98. The highest BCUT2D eigenvalue weighted by Gasteiger charge is 2.24. The molecule has 0 bridgehead atoms. The number of thiazole rings is 1. The summed E-state index contributed by atoms with van der Waals surface area (Å²) in [6.07, 6.45) is 3.68. The van der Waals surface area contributed by atoms with Crippen molar-refractivity contribution in [2.75, 3.05) is 29.9 Å². The maximum atomic E-state index is 14.7. The molecule has 2 unspecified atom stereocenters. The average Bonchev–Trinajstić information content (AvgIpc) is 3.44. The van der Waals surface area contributed by atoms with Crippen molar-refractivity contribution in [2.24, 2.45) is 0 Å². The van der Waals surface area contributed by atoms with Crippen LogP contribution >= 0.6 is 11.3 Å². The van der Waals surface area contributed by atoms with Gasteiger partial charge in [0.15, 0.2) is 5.13 Å². The molecular weight excluding hydrogens is 483 g/mol. The third kappa shape index (κ3) is 6.08. The summed E-state index contributed by atoms with van der Waals surface area (Å²) < 4.78 is 22.4. The third-order valence-electron chi connectivity index (χ3n) is 5.69. The van der Waals surface area contributed by atoms with Gasteiger partial charge in [0.1, 0.15) is 11.5 Å². The summed E-state index contributed by atoms with van der Waals surface area (Å²) in [4.78, 5) is 35.7. The summed E-state index contributed by atoms with van der Waals surface area (Å²) >= 11 is 0.717. The van der Waals surface area contributed by atoms with Crippen LogP contribution in [-0.4, -0.2) is 58.2 Å². The molecule has 3 aromatic heterocycles. The van der Waals surface area contributed by atoms with E-state index in [1.807, 2.05) is 57.5 Å². The number of halogens is 1. The van der Waals surface area contributed by atoms with Gasteiger partial charge in [0.05, 0.1) is 30.0 Å². The van der Waals surface area contributed by atoms with Crippen LogP contribution in [0.25, 0.3) is 11.4 Å². The van der Waals surface area contributed by atoms with Crippen molar-refractivity contribution in [1.82, 2.24) is 19.9 Å². The van der Waals surface area contributed by atoms with Gasteiger partial charge in [-0.25, -0.2) is 9.97 Å². The lowest BCUT2D eigenvalue weighted by Crippen LogP contribution is -2.45. The molecule has 2 N–H and O–H groups in total. The molecule has 0 spiro atoms. The monoisotopic (exact) mass is 514 g/mol. The summed E-state index contributed by atoms with van der Waals surface area (Å²) in [5, 5.41) is 4.68. The number of hydrogen-bond acceptors (Lipinski definition) is 7. The van der Waals surface area contributed by atoms with Crippen LogP contribution in [0.2, 0.25) is 0 Å². The molecule has 2 amide bonds. The highest BCUT2D eigenvalue weighted by molar-refractivity contribution is 7.14. The zero-order chi connectivity index (χ0) is 26.0. The zero-order valence-electron chi connectivity index (χ0n) is 21.0. The second-order valence-electron chi connectivity index (χ2n) is 9.89. The molecule has 4 rings (SSSR count). The van der Waals surface area contributed by atoms with Crippen molar-refractivity contribution in [3.8, 4) is 11.4 Å². The Kier molecular flexibility index (Phi) is 7.41. The van der Waals surface area contributed by atoms with Crippen LogP contribution in [0.5, 0.6) is 0 Å².